The highest BCUT2D eigenvalue weighted by Gasteiger charge is 2.19. The van der Waals surface area contributed by atoms with Crippen LogP contribution in [0.3, 0.4) is 0 Å². The number of benzene rings is 2. The molecule has 7 heteroatoms. The second-order valence-electron chi connectivity index (χ2n) is 4.58. The highest BCUT2D eigenvalue weighted by Crippen LogP contribution is 2.42. The molecule has 3 rings (SSSR count). The van der Waals surface area contributed by atoms with E-state index in [2.05, 4.69) is 0 Å². The number of carbonyl (C=O) groups is 2. The molecule has 0 aliphatic heterocycles. The molecule has 0 N–H and O–H groups in total. The summed E-state index contributed by atoms with van der Waals surface area (Å²) in [7, 11) is 2.86. The van der Waals surface area contributed by atoms with E-state index in [1.54, 1.807) is 24.3 Å². The highest BCUT2D eigenvalue weighted by molar-refractivity contribution is 8.18. The zero-order valence-electron chi connectivity index (χ0n) is 12.1. The van der Waals surface area contributed by atoms with E-state index >= 15 is 0 Å². The van der Waals surface area contributed by atoms with Crippen LogP contribution in [0.15, 0.2) is 69.8 Å². The van der Waals surface area contributed by atoms with Crippen molar-refractivity contribution in [2.45, 2.75) is 9.10 Å². The van der Waals surface area contributed by atoms with E-state index in [4.69, 9.17) is 12.2 Å². The Hall–Kier alpha value is -1.25. The van der Waals surface area contributed by atoms with Gasteiger partial charge in [0.2, 0.25) is 10.2 Å². The van der Waals surface area contributed by atoms with Gasteiger partial charge in [-0.2, -0.15) is 0 Å². The van der Waals surface area contributed by atoms with Crippen LogP contribution in [0.2, 0.25) is 0 Å². The van der Waals surface area contributed by atoms with Crippen LogP contribution < -0.4 is 0 Å². The Morgan fingerprint density at radius 3 is 1.79 bits per heavy atom. The van der Waals surface area contributed by atoms with Gasteiger partial charge >= 0.3 is 0 Å². The van der Waals surface area contributed by atoms with Crippen molar-refractivity contribution < 1.29 is 9.59 Å². The van der Waals surface area contributed by atoms with Crippen molar-refractivity contribution in [3.05, 3.63) is 75.6 Å². The molecule has 2 aromatic carbocycles. The molecule has 0 unspecified atom stereocenters. The summed E-state index contributed by atoms with van der Waals surface area (Å²) >= 11 is 7.57. The molecule has 0 bridgehead atoms. The van der Waals surface area contributed by atoms with E-state index in [1.807, 2.05) is 36.4 Å². The summed E-state index contributed by atoms with van der Waals surface area (Å²) in [5, 5.41) is -0.116. The lowest BCUT2D eigenvalue weighted by Crippen LogP contribution is -1.94. The van der Waals surface area contributed by atoms with Crippen LogP contribution in [0.1, 0.15) is 20.7 Å². The third-order valence-electron chi connectivity index (χ3n) is 2.96. The third kappa shape index (κ3) is 4.23. The lowest BCUT2D eigenvalue weighted by molar-refractivity contribution is 0.108. The second kappa shape index (κ2) is 8.22. The molecule has 3 aromatic rings. The maximum Gasteiger partial charge on any atom is 0.224 e. The van der Waals surface area contributed by atoms with E-state index < -0.39 is 0 Å². The SMILES string of the molecule is O=C(Sc1ssc(=S)c1SC(=O)c1ccccc1)c1ccccc1. The van der Waals surface area contributed by atoms with Crippen molar-refractivity contribution in [3.63, 3.8) is 0 Å². The van der Waals surface area contributed by atoms with Crippen molar-refractivity contribution in [2.24, 2.45) is 0 Å². The van der Waals surface area contributed by atoms with Crippen LogP contribution >= 0.6 is 56.4 Å². The summed E-state index contributed by atoms with van der Waals surface area (Å²) in [6, 6.07) is 18.2. The average molecular weight is 407 g/mol. The quantitative estimate of drug-likeness (QED) is 0.284. The summed E-state index contributed by atoms with van der Waals surface area (Å²) in [5.74, 6) is 0. The second-order valence-corrected chi connectivity index (χ2v) is 9.62. The molecule has 120 valence electrons. The number of hydrogen-bond donors (Lipinski definition) is 0. The van der Waals surface area contributed by atoms with Gasteiger partial charge in [0.25, 0.3) is 0 Å². The zero-order chi connectivity index (χ0) is 16.9. The van der Waals surface area contributed by atoms with Crippen molar-refractivity contribution in [2.75, 3.05) is 0 Å². The minimum absolute atomic E-state index is 0.0475. The van der Waals surface area contributed by atoms with E-state index in [0.29, 0.717) is 19.8 Å². The molecule has 1 aromatic heterocycles. The van der Waals surface area contributed by atoms with Crippen LogP contribution in [-0.4, -0.2) is 10.2 Å². The molecule has 0 aliphatic rings. The average Bonchev–Trinajstić information content (AvgIpc) is 2.96. The van der Waals surface area contributed by atoms with Crippen LogP contribution in [0.25, 0.3) is 0 Å². The van der Waals surface area contributed by atoms with Gasteiger partial charge in [-0.3, -0.25) is 9.59 Å². The van der Waals surface area contributed by atoms with Gasteiger partial charge in [0.15, 0.2) is 0 Å². The molecule has 2 nitrogen and oxygen atoms in total. The molecule has 0 amide bonds. The molecule has 0 atom stereocenters. The van der Waals surface area contributed by atoms with E-state index in [-0.39, 0.29) is 10.2 Å². The summed E-state index contributed by atoms with van der Waals surface area (Å²) in [6.45, 7) is 0. The first-order valence-corrected chi connectivity index (χ1v) is 11.0. The topological polar surface area (TPSA) is 34.1 Å². The summed E-state index contributed by atoms with van der Waals surface area (Å²) in [6.07, 6.45) is 0. The maximum absolute atomic E-state index is 12.4. The molecular formula is C17H10O2S5. The molecule has 24 heavy (non-hydrogen) atoms. The molecule has 0 spiro atoms. The zero-order valence-corrected chi connectivity index (χ0v) is 16.2. The van der Waals surface area contributed by atoms with Crippen molar-refractivity contribution in [1.82, 2.24) is 0 Å². The minimum atomic E-state index is -0.0682. The molecule has 0 saturated carbocycles. The lowest BCUT2D eigenvalue weighted by atomic mass is 10.2. The molecule has 0 fully saturated rings. The van der Waals surface area contributed by atoms with E-state index in [9.17, 15) is 9.59 Å². The first kappa shape index (κ1) is 17.6. The van der Waals surface area contributed by atoms with Gasteiger partial charge in [-0.1, -0.05) is 93.6 Å². The lowest BCUT2D eigenvalue weighted by Gasteiger charge is -2.02. The van der Waals surface area contributed by atoms with Crippen LogP contribution in [0.4, 0.5) is 0 Å². The Morgan fingerprint density at radius 2 is 1.25 bits per heavy atom. The van der Waals surface area contributed by atoms with Gasteiger partial charge in [0.05, 0.1) is 9.10 Å². The fourth-order valence-electron chi connectivity index (χ4n) is 1.82. The fraction of sp³-hybridized carbons (Fsp3) is 0. The van der Waals surface area contributed by atoms with Crippen molar-refractivity contribution >= 4 is 66.7 Å². The Balaban J connectivity index is 1.81. The van der Waals surface area contributed by atoms with Gasteiger partial charge in [0.1, 0.15) is 3.82 Å². The van der Waals surface area contributed by atoms with Crippen LogP contribution in [-0.2, 0) is 0 Å². The van der Waals surface area contributed by atoms with E-state index in [0.717, 1.165) is 27.7 Å². The Bertz CT molecular complexity index is 913. The predicted octanol–water partition coefficient (Wildman–Crippen LogP) is 6.40. The third-order valence-corrected chi connectivity index (χ3v) is 8.96. The number of rotatable bonds is 4. The van der Waals surface area contributed by atoms with Gasteiger partial charge in [-0.25, -0.2) is 0 Å². The summed E-state index contributed by atoms with van der Waals surface area (Å²) < 4.78 is 1.44. The number of carbonyl (C=O) groups excluding carboxylic acids is 2. The smallest absolute Gasteiger partial charge is 0.224 e. The van der Waals surface area contributed by atoms with Crippen molar-refractivity contribution in [1.29, 1.82) is 0 Å². The molecular weight excluding hydrogens is 397 g/mol. The van der Waals surface area contributed by atoms with Gasteiger partial charge in [-0.05, 0) is 23.5 Å². The predicted molar refractivity (Wildman–Crippen MR) is 106 cm³/mol. The van der Waals surface area contributed by atoms with E-state index in [1.165, 1.54) is 20.7 Å². The van der Waals surface area contributed by atoms with Crippen LogP contribution in [0, 0.1) is 3.82 Å². The Morgan fingerprint density at radius 1 is 0.750 bits per heavy atom. The number of thioether (sulfide) groups is 2. The first-order valence-electron chi connectivity index (χ1n) is 6.83. The maximum atomic E-state index is 12.4. The number of hydrogen-bond acceptors (Lipinski definition) is 7. The monoisotopic (exact) mass is 406 g/mol. The standard InChI is InChI=1S/C17H10O2S5/c18-14(11-7-3-1-4-8-11)21-13-16(20)23-24-17(13)22-15(19)12-9-5-2-6-10-12/h1-10H. The molecule has 1 heterocycles. The van der Waals surface area contributed by atoms with Gasteiger partial charge in [0, 0.05) is 11.1 Å². The van der Waals surface area contributed by atoms with Gasteiger partial charge < -0.3 is 0 Å². The first-order chi connectivity index (χ1) is 11.6. The molecule has 0 saturated heterocycles. The highest BCUT2D eigenvalue weighted by atomic mass is 32.9. The molecule has 0 radical (unpaired) electrons. The molecule has 0 aliphatic carbocycles. The Kier molecular flexibility index (Phi) is 6.02. The summed E-state index contributed by atoms with van der Waals surface area (Å²) in [5.41, 5.74) is 1.26. The van der Waals surface area contributed by atoms with Crippen LogP contribution in [0.5, 0.6) is 0 Å². The van der Waals surface area contributed by atoms with Crippen molar-refractivity contribution in [3.8, 4) is 0 Å². The minimum Gasteiger partial charge on any atom is -0.281 e. The normalized spacial score (nSPS) is 10.5. The largest absolute Gasteiger partial charge is 0.281 e. The van der Waals surface area contributed by atoms with Gasteiger partial charge in [-0.15, -0.1) is 0 Å². The summed E-state index contributed by atoms with van der Waals surface area (Å²) in [4.78, 5) is 25.5. The Labute approximate surface area is 160 Å². The fourth-order valence-corrected chi connectivity index (χ4v) is 7.34.